The van der Waals surface area contributed by atoms with Crippen molar-refractivity contribution in [2.45, 2.75) is 32.6 Å². The lowest BCUT2D eigenvalue weighted by Gasteiger charge is -2.24. The van der Waals surface area contributed by atoms with E-state index in [9.17, 15) is 9.59 Å². The summed E-state index contributed by atoms with van der Waals surface area (Å²) in [4.78, 5) is 28.7. The second kappa shape index (κ2) is 4.74. The molecular weight excluding hydrogens is 224 g/mol. The molecular formula is C11H14N2O2S. The number of thiazole rings is 1. The van der Waals surface area contributed by atoms with Crippen molar-refractivity contribution in [3.63, 3.8) is 0 Å². The number of hydrogen-bond donors (Lipinski definition) is 0. The van der Waals surface area contributed by atoms with Gasteiger partial charge in [-0.2, -0.15) is 0 Å². The molecule has 2 amide bonds. The summed E-state index contributed by atoms with van der Waals surface area (Å²) in [6.45, 7) is 2.42. The third-order valence-corrected chi connectivity index (χ3v) is 3.63. The molecule has 2 rings (SSSR count). The summed E-state index contributed by atoms with van der Waals surface area (Å²) in [6, 6.07) is 0. The molecule has 0 aromatic carbocycles. The number of aryl methyl sites for hydroxylation is 1. The minimum absolute atomic E-state index is 0.0375. The molecule has 86 valence electrons. The lowest BCUT2D eigenvalue weighted by Crippen LogP contribution is -2.41. The van der Waals surface area contributed by atoms with Gasteiger partial charge in [-0.25, -0.2) is 4.98 Å². The van der Waals surface area contributed by atoms with E-state index in [1.54, 1.807) is 11.3 Å². The fourth-order valence-corrected chi connectivity index (χ4v) is 2.54. The average molecular weight is 238 g/mol. The van der Waals surface area contributed by atoms with Gasteiger partial charge < -0.3 is 0 Å². The monoisotopic (exact) mass is 238 g/mol. The van der Waals surface area contributed by atoms with Gasteiger partial charge in [-0.05, 0) is 13.3 Å². The zero-order valence-corrected chi connectivity index (χ0v) is 10.0. The zero-order chi connectivity index (χ0) is 11.5. The van der Waals surface area contributed by atoms with Gasteiger partial charge in [-0.15, -0.1) is 11.3 Å². The Morgan fingerprint density at radius 1 is 1.38 bits per heavy atom. The smallest absolute Gasteiger partial charge is 0.229 e. The topological polar surface area (TPSA) is 50.3 Å². The number of nitrogens with zero attached hydrogens (tertiary/aromatic N) is 2. The van der Waals surface area contributed by atoms with Crippen LogP contribution in [0.25, 0.3) is 0 Å². The van der Waals surface area contributed by atoms with Crippen LogP contribution in [-0.2, 0) is 16.0 Å². The molecule has 1 saturated heterocycles. The summed E-state index contributed by atoms with van der Waals surface area (Å²) < 4.78 is 0. The maximum atomic E-state index is 11.5. The number of amides is 2. The lowest BCUT2D eigenvalue weighted by molar-refractivity contribution is -0.147. The fraction of sp³-hybridized carbons (Fsp3) is 0.545. The van der Waals surface area contributed by atoms with Gasteiger partial charge in [-0.3, -0.25) is 14.5 Å². The first kappa shape index (κ1) is 11.3. The Morgan fingerprint density at radius 2 is 2.06 bits per heavy atom. The molecule has 16 heavy (non-hydrogen) atoms. The van der Waals surface area contributed by atoms with E-state index in [1.807, 2.05) is 12.3 Å². The Hall–Kier alpha value is -1.23. The van der Waals surface area contributed by atoms with Crippen molar-refractivity contribution in [3.05, 3.63) is 16.1 Å². The summed E-state index contributed by atoms with van der Waals surface area (Å²) in [5.74, 6) is -0.0749. The van der Waals surface area contributed by atoms with Gasteiger partial charge >= 0.3 is 0 Å². The molecule has 2 heterocycles. The summed E-state index contributed by atoms with van der Waals surface area (Å²) in [5, 5.41) is 2.97. The first-order chi connectivity index (χ1) is 7.66. The third kappa shape index (κ3) is 2.47. The molecule has 1 aromatic heterocycles. The van der Waals surface area contributed by atoms with E-state index < -0.39 is 0 Å². The highest BCUT2D eigenvalue weighted by Gasteiger charge is 2.25. The number of piperidine rings is 1. The van der Waals surface area contributed by atoms with E-state index in [0.717, 1.165) is 10.7 Å². The molecule has 0 spiro atoms. The number of carbonyl (C=O) groups is 2. The Kier molecular flexibility index (Phi) is 3.33. The molecule has 4 nitrogen and oxygen atoms in total. The molecule has 0 N–H and O–H groups in total. The summed E-state index contributed by atoms with van der Waals surface area (Å²) in [5.41, 5.74) is 0.997. The largest absolute Gasteiger partial charge is 0.282 e. The van der Waals surface area contributed by atoms with Crippen LogP contribution in [0.15, 0.2) is 5.38 Å². The molecule has 1 aromatic rings. The van der Waals surface area contributed by atoms with Gasteiger partial charge in [0.25, 0.3) is 0 Å². The van der Waals surface area contributed by atoms with Gasteiger partial charge in [0, 0.05) is 36.9 Å². The zero-order valence-electron chi connectivity index (χ0n) is 9.23. The highest BCUT2D eigenvalue weighted by Crippen LogP contribution is 2.14. The van der Waals surface area contributed by atoms with Crippen molar-refractivity contribution < 1.29 is 9.59 Å². The molecule has 0 saturated carbocycles. The highest BCUT2D eigenvalue weighted by atomic mass is 32.1. The van der Waals surface area contributed by atoms with Crippen LogP contribution in [-0.4, -0.2) is 28.2 Å². The van der Waals surface area contributed by atoms with Gasteiger partial charge in [0.1, 0.15) is 0 Å². The molecule has 0 atom stereocenters. The second-order valence-electron chi connectivity index (χ2n) is 3.93. The summed E-state index contributed by atoms with van der Waals surface area (Å²) >= 11 is 1.58. The highest BCUT2D eigenvalue weighted by molar-refractivity contribution is 7.09. The minimum atomic E-state index is -0.0375. The van der Waals surface area contributed by atoms with E-state index in [-0.39, 0.29) is 11.8 Å². The van der Waals surface area contributed by atoms with Gasteiger partial charge in [0.05, 0.1) is 5.01 Å². The van der Waals surface area contributed by atoms with Crippen molar-refractivity contribution in [1.82, 2.24) is 9.88 Å². The molecule has 0 bridgehead atoms. The number of hydrogen-bond acceptors (Lipinski definition) is 4. The van der Waals surface area contributed by atoms with Crippen LogP contribution in [0.1, 0.15) is 30.0 Å². The third-order valence-electron chi connectivity index (χ3n) is 2.60. The van der Waals surface area contributed by atoms with E-state index in [2.05, 4.69) is 4.98 Å². The first-order valence-corrected chi connectivity index (χ1v) is 6.29. The molecule has 1 aliphatic heterocycles. The number of rotatable bonds is 3. The van der Waals surface area contributed by atoms with Crippen molar-refractivity contribution >= 4 is 23.2 Å². The number of aromatic nitrogens is 1. The van der Waals surface area contributed by atoms with Gasteiger partial charge in [0.15, 0.2) is 0 Å². The molecule has 5 heteroatoms. The van der Waals surface area contributed by atoms with Crippen LogP contribution in [0.3, 0.4) is 0 Å². The van der Waals surface area contributed by atoms with E-state index in [4.69, 9.17) is 0 Å². The van der Waals surface area contributed by atoms with E-state index in [1.165, 1.54) is 4.90 Å². The van der Waals surface area contributed by atoms with Crippen molar-refractivity contribution in [1.29, 1.82) is 0 Å². The van der Waals surface area contributed by atoms with Crippen LogP contribution in [0, 0.1) is 6.92 Å². The molecule has 0 radical (unpaired) electrons. The van der Waals surface area contributed by atoms with Crippen molar-refractivity contribution in [2.75, 3.05) is 6.54 Å². The number of likely N-dealkylation sites (tertiary alicyclic amines) is 1. The van der Waals surface area contributed by atoms with Crippen molar-refractivity contribution in [2.24, 2.45) is 0 Å². The van der Waals surface area contributed by atoms with Crippen LogP contribution in [0.2, 0.25) is 0 Å². The predicted octanol–water partition coefficient (Wildman–Crippen LogP) is 1.53. The maximum Gasteiger partial charge on any atom is 0.229 e. The Balaban J connectivity index is 1.93. The molecule has 0 unspecified atom stereocenters. The average Bonchev–Trinajstić information content (AvgIpc) is 2.63. The lowest BCUT2D eigenvalue weighted by atomic mass is 10.1. The predicted molar refractivity (Wildman–Crippen MR) is 61.1 cm³/mol. The summed E-state index contributed by atoms with van der Waals surface area (Å²) in [6.07, 6.45) is 2.38. The summed E-state index contributed by atoms with van der Waals surface area (Å²) in [7, 11) is 0. The molecule has 1 aliphatic rings. The Morgan fingerprint density at radius 3 is 2.62 bits per heavy atom. The van der Waals surface area contributed by atoms with E-state index in [0.29, 0.717) is 32.2 Å². The van der Waals surface area contributed by atoms with Crippen LogP contribution in [0.4, 0.5) is 0 Å². The van der Waals surface area contributed by atoms with E-state index >= 15 is 0 Å². The van der Waals surface area contributed by atoms with Gasteiger partial charge in [0.2, 0.25) is 11.8 Å². The first-order valence-electron chi connectivity index (χ1n) is 5.41. The Labute approximate surface area is 98.3 Å². The molecule has 0 aliphatic carbocycles. The maximum absolute atomic E-state index is 11.5. The quantitative estimate of drug-likeness (QED) is 0.750. The fourth-order valence-electron chi connectivity index (χ4n) is 1.77. The standard InChI is InChI=1S/C11H14N2O2S/c1-8-7-16-9(12-8)5-6-13-10(14)3-2-4-11(13)15/h7H,2-6H2,1H3. The Bertz CT molecular complexity index is 398. The van der Waals surface area contributed by atoms with Gasteiger partial charge in [-0.1, -0.05) is 0 Å². The number of imide groups is 1. The van der Waals surface area contributed by atoms with Crippen LogP contribution in [0.5, 0.6) is 0 Å². The van der Waals surface area contributed by atoms with Crippen molar-refractivity contribution in [3.8, 4) is 0 Å². The molecule has 1 fully saturated rings. The normalized spacial score (nSPS) is 16.9. The SMILES string of the molecule is Cc1csc(CCN2C(=O)CCCC2=O)n1. The van der Waals surface area contributed by atoms with Crippen LogP contribution < -0.4 is 0 Å². The second-order valence-corrected chi connectivity index (χ2v) is 4.87. The minimum Gasteiger partial charge on any atom is -0.282 e. The van der Waals surface area contributed by atoms with Crippen LogP contribution >= 0.6 is 11.3 Å². The number of carbonyl (C=O) groups excluding carboxylic acids is 2.